The van der Waals surface area contributed by atoms with Crippen molar-refractivity contribution in [2.45, 2.75) is 39.3 Å². The first kappa shape index (κ1) is 15.9. The van der Waals surface area contributed by atoms with Crippen molar-refractivity contribution in [2.24, 2.45) is 0 Å². The van der Waals surface area contributed by atoms with Gasteiger partial charge < -0.3 is 16.0 Å². The lowest BCUT2D eigenvalue weighted by Gasteiger charge is -2.11. The van der Waals surface area contributed by atoms with Gasteiger partial charge in [-0.25, -0.2) is 4.79 Å². The van der Waals surface area contributed by atoms with Crippen LogP contribution in [-0.4, -0.2) is 29.5 Å². The lowest BCUT2D eigenvalue weighted by molar-refractivity contribution is -0.121. The Labute approximate surface area is 119 Å². The second-order valence-corrected chi connectivity index (χ2v) is 4.56. The highest BCUT2D eigenvalue weighted by Crippen LogP contribution is 1.92. The number of nitrogens with zero attached hydrogens (tertiary/aromatic N) is 1. The number of aromatic nitrogens is 1. The monoisotopic (exact) mass is 278 g/mol. The maximum atomic E-state index is 11.5. The topological polar surface area (TPSA) is 83.1 Å². The first-order chi connectivity index (χ1) is 9.61. The van der Waals surface area contributed by atoms with E-state index in [4.69, 9.17) is 0 Å². The fourth-order valence-electron chi connectivity index (χ4n) is 1.47. The largest absolute Gasteiger partial charge is 0.354 e. The molecule has 0 aliphatic carbocycles. The number of pyridine rings is 1. The number of hydrogen-bond donors (Lipinski definition) is 3. The minimum atomic E-state index is -0.299. The van der Waals surface area contributed by atoms with Crippen molar-refractivity contribution in [3.63, 3.8) is 0 Å². The Morgan fingerprint density at radius 1 is 1.30 bits per heavy atom. The summed E-state index contributed by atoms with van der Waals surface area (Å²) in [5.74, 6) is -0.0515. The van der Waals surface area contributed by atoms with Crippen LogP contribution in [0.3, 0.4) is 0 Å². The molecule has 3 amide bonds. The summed E-state index contributed by atoms with van der Waals surface area (Å²) in [4.78, 5) is 27.1. The predicted molar refractivity (Wildman–Crippen MR) is 77.0 cm³/mol. The van der Waals surface area contributed by atoms with E-state index in [-0.39, 0.29) is 24.4 Å². The number of nitrogens with one attached hydrogen (secondary N) is 3. The number of carbonyl (C=O) groups is 2. The van der Waals surface area contributed by atoms with Crippen LogP contribution in [0.2, 0.25) is 0 Å². The lowest BCUT2D eigenvalue weighted by atomic mass is 10.2. The summed E-state index contributed by atoms with van der Waals surface area (Å²) in [6.45, 7) is 4.64. The van der Waals surface area contributed by atoms with Crippen molar-refractivity contribution in [3.05, 3.63) is 30.1 Å². The summed E-state index contributed by atoms with van der Waals surface area (Å²) < 4.78 is 0. The molecule has 1 heterocycles. The van der Waals surface area contributed by atoms with Crippen molar-refractivity contribution in [3.8, 4) is 0 Å². The molecule has 1 aromatic rings. The van der Waals surface area contributed by atoms with E-state index in [0.717, 1.165) is 12.1 Å². The van der Waals surface area contributed by atoms with Crippen LogP contribution in [0.15, 0.2) is 24.4 Å². The normalized spacial score (nSPS) is 11.5. The first-order valence-electron chi connectivity index (χ1n) is 6.82. The van der Waals surface area contributed by atoms with E-state index in [1.807, 2.05) is 32.0 Å². The molecule has 0 saturated carbocycles. The summed E-state index contributed by atoms with van der Waals surface area (Å²) in [5.41, 5.74) is 0.789. The molecule has 3 N–H and O–H groups in total. The van der Waals surface area contributed by atoms with Crippen LogP contribution in [0.1, 0.15) is 32.4 Å². The van der Waals surface area contributed by atoms with Gasteiger partial charge in [0.1, 0.15) is 0 Å². The molecule has 1 rings (SSSR count). The highest BCUT2D eigenvalue weighted by atomic mass is 16.2. The molecular weight excluding hydrogens is 256 g/mol. The highest BCUT2D eigenvalue weighted by Gasteiger charge is 2.06. The molecule has 20 heavy (non-hydrogen) atoms. The van der Waals surface area contributed by atoms with Gasteiger partial charge in [0, 0.05) is 25.2 Å². The standard InChI is InChI=1S/C14H22N4O2/c1-3-11(2)18-13(19)7-9-16-14(20)17-10-12-6-4-5-8-15-12/h4-6,8,11H,3,7,9-10H2,1-2H3,(H,18,19)(H2,16,17,20). The Bertz CT molecular complexity index is 422. The molecule has 0 saturated heterocycles. The van der Waals surface area contributed by atoms with Gasteiger partial charge in [-0.3, -0.25) is 9.78 Å². The van der Waals surface area contributed by atoms with E-state index in [0.29, 0.717) is 13.1 Å². The van der Waals surface area contributed by atoms with Crippen LogP contribution in [-0.2, 0) is 11.3 Å². The van der Waals surface area contributed by atoms with Gasteiger partial charge in [0.25, 0.3) is 0 Å². The second kappa shape index (κ2) is 8.90. The van der Waals surface area contributed by atoms with Gasteiger partial charge in [0.2, 0.25) is 5.91 Å². The van der Waals surface area contributed by atoms with Gasteiger partial charge in [0.05, 0.1) is 12.2 Å². The van der Waals surface area contributed by atoms with Crippen LogP contribution in [0.5, 0.6) is 0 Å². The number of carbonyl (C=O) groups excluding carboxylic acids is 2. The summed E-state index contributed by atoms with van der Waals surface area (Å²) in [6, 6.07) is 5.38. The molecule has 6 heteroatoms. The zero-order valence-corrected chi connectivity index (χ0v) is 12.0. The Hall–Kier alpha value is -2.11. The number of urea groups is 1. The van der Waals surface area contributed by atoms with Gasteiger partial charge in [-0.05, 0) is 25.5 Å². The lowest BCUT2D eigenvalue weighted by Crippen LogP contribution is -2.39. The van der Waals surface area contributed by atoms with Gasteiger partial charge in [-0.1, -0.05) is 13.0 Å². The fraction of sp³-hybridized carbons (Fsp3) is 0.500. The first-order valence-corrected chi connectivity index (χ1v) is 6.82. The summed E-state index contributed by atoms with van der Waals surface area (Å²) in [5, 5.41) is 8.16. The van der Waals surface area contributed by atoms with Crippen LogP contribution in [0.25, 0.3) is 0 Å². The molecule has 0 aliphatic heterocycles. The molecule has 1 atom stereocenters. The van der Waals surface area contributed by atoms with Crippen LogP contribution >= 0.6 is 0 Å². The molecule has 1 aromatic heterocycles. The minimum absolute atomic E-state index is 0.0515. The molecule has 0 radical (unpaired) electrons. The van der Waals surface area contributed by atoms with Crippen LogP contribution in [0, 0.1) is 0 Å². The molecular formula is C14H22N4O2. The Morgan fingerprint density at radius 2 is 2.10 bits per heavy atom. The maximum absolute atomic E-state index is 11.5. The van der Waals surface area contributed by atoms with Crippen molar-refractivity contribution in [1.82, 2.24) is 20.9 Å². The molecule has 110 valence electrons. The van der Waals surface area contributed by atoms with E-state index in [1.54, 1.807) is 6.20 Å². The third-order valence-corrected chi connectivity index (χ3v) is 2.81. The van der Waals surface area contributed by atoms with Gasteiger partial charge >= 0.3 is 6.03 Å². The summed E-state index contributed by atoms with van der Waals surface area (Å²) in [6.07, 6.45) is 2.85. The zero-order valence-electron chi connectivity index (χ0n) is 12.0. The van der Waals surface area contributed by atoms with E-state index in [9.17, 15) is 9.59 Å². The molecule has 0 aliphatic rings. The van der Waals surface area contributed by atoms with E-state index < -0.39 is 0 Å². The third-order valence-electron chi connectivity index (χ3n) is 2.81. The Kier molecular flexibility index (Phi) is 7.10. The van der Waals surface area contributed by atoms with Gasteiger partial charge in [0.15, 0.2) is 0 Å². The molecule has 0 aromatic carbocycles. The van der Waals surface area contributed by atoms with Gasteiger partial charge in [-0.15, -0.1) is 0 Å². The van der Waals surface area contributed by atoms with Crippen molar-refractivity contribution < 1.29 is 9.59 Å². The van der Waals surface area contributed by atoms with Crippen molar-refractivity contribution in [1.29, 1.82) is 0 Å². The van der Waals surface area contributed by atoms with E-state index in [2.05, 4.69) is 20.9 Å². The molecule has 0 fully saturated rings. The fourth-order valence-corrected chi connectivity index (χ4v) is 1.47. The smallest absolute Gasteiger partial charge is 0.315 e. The minimum Gasteiger partial charge on any atom is -0.354 e. The van der Waals surface area contributed by atoms with E-state index >= 15 is 0 Å². The average Bonchev–Trinajstić information content (AvgIpc) is 2.46. The molecule has 1 unspecified atom stereocenters. The SMILES string of the molecule is CCC(C)NC(=O)CCNC(=O)NCc1ccccn1. The number of rotatable bonds is 7. The second-order valence-electron chi connectivity index (χ2n) is 4.56. The number of hydrogen-bond acceptors (Lipinski definition) is 3. The molecule has 0 bridgehead atoms. The van der Waals surface area contributed by atoms with Crippen molar-refractivity contribution in [2.75, 3.05) is 6.54 Å². The van der Waals surface area contributed by atoms with Crippen LogP contribution in [0.4, 0.5) is 4.79 Å². The average molecular weight is 278 g/mol. The maximum Gasteiger partial charge on any atom is 0.315 e. The predicted octanol–water partition coefficient (Wildman–Crippen LogP) is 1.19. The Morgan fingerprint density at radius 3 is 2.75 bits per heavy atom. The van der Waals surface area contributed by atoms with E-state index in [1.165, 1.54) is 0 Å². The summed E-state index contributed by atoms with van der Waals surface area (Å²) >= 11 is 0. The van der Waals surface area contributed by atoms with Crippen molar-refractivity contribution >= 4 is 11.9 Å². The molecule has 0 spiro atoms. The van der Waals surface area contributed by atoms with Gasteiger partial charge in [-0.2, -0.15) is 0 Å². The summed E-state index contributed by atoms with van der Waals surface area (Å²) in [7, 11) is 0. The highest BCUT2D eigenvalue weighted by molar-refractivity contribution is 5.78. The molecule has 6 nitrogen and oxygen atoms in total. The Balaban J connectivity index is 2.13. The van der Waals surface area contributed by atoms with Crippen LogP contribution < -0.4 is 16.0 Å². The number of amides is 3. The third kappa shape index (κ3) is 6.72. The quantitative estimate of drug-likeness (QED) is 0.700. The zero-order chi connectivity index (χ0) is 14.8.